The van der Waals surface area contributed by atoms with Crippen LogP contribution in [0.2, 0.25) is 0 Å². The van der Waals surface area contributed by atoms with Gasteiger partial charge in [0.05, 0.1) is 0 Å². The Balaban J connectivity index is 1.30. The number of thiophene rings is 1. The van der Waals surface area contributed by atoms with E-state index in [1.54, 1.807) is 35.6 Å². The Labute approximate surface area is 201 Å². The van der Waals surface area contributed by atoms with Crippen molar-refractivity contribution >= 4 is 39.6 Å². The number of hydrogen-bond donors (Lipinski definition) is 2. The molecule has 1 aromatic heterocycles. The van der Waals surface area contributed by atoms with Crippen LogP contribution in [0, 0.1) is 0 Å². The third-order valence-electron chi connectivity index (χ3n) is 5.66. The lowest BCUT2D eigenvalue weighted by molar-refractivity contribution is 0.0949. The smallest absolute Gasteiger partial charge is 0.256 e. The number of rotatable bonds is 6. The van der Waals surface area contributed by atoms with Crippen molar-refractivity contribution in [2.75, 3.05) is 5.32 Å². The molecule has 2 amide bonds. The van der Waals surface area contributed by atoms with Gasteiger partial charge in [-0.25, -0.2) is 0 Å². The third kappa shape index (κ3) is 4.60. The zero-order chi connectivity index (χ0) is 23.3. The molecule has 0 aliphatic carbocycles. The van der Waals surface area contributed by atoms with Crippen molar-refractivity contribution in [1.82, 2.24) is 5.32 Å². The number of anilines is 1. The van der Waals surface area contributed by atoms with Crippen LogP contribution in [0.4, 0.5) is 5.69 Å². The SMILES string of the molecule is O=C(NCc1cccc2ccccc12)c1cccc(NC(=O)c2ccccc2-c2cccs2)c1. The fraction of sp³-hybridized carbons (Fsp3) is 0.0345. The summed E-state index contributed by atoms with van der Waals surface area (Å²) in [5.74, 6) is -0.402. The Morgan fingerprint density at radius 1 is 0.735 bits per heavy atom. The molecule has 0 atom stereocenters. The summed E-state index contributed by atoms with van der Waals surface area (Å²) in [5.41, 5.74) is 3.60. The molecule has 5 heteroatoms. The van der Waals surface area contributed by atoms with Crippen LogP contribution in [0.25, 0.3) is 21.2 Å². The Morgan fingerprint density at radius 2 is 1.53 bits per heavy atom. The number of hydrogen-bond acceptors (Lipinski definition) is 3. The van der Waals surface area contributed by atoms with E-state index >= 15 is 0 Å². The van der Waals surface area contributed by atoms with E-state index in [2.05, 4.69) is 28.8 Å². The maximum absolute atomic E-state index is 13.0. The van der Waals surface area contributed by atoms with E-state index in [4.69, 9.17) is 0 Å². The molecule has 5 rings (SSSR count). The zero-order valence-corrected chi connectivity index (χ0v) is 19.1. The van der Waals surface area contributed by atoms with Crippen molar-refractivity contribution in [1.29, 1.82) is 0 Å². The van der Waals surface area contributed by atoms with E-state index in [0.717, 1.165) is 26.8 Å². The molecule has 0 spiro atoms. The van der Waals surface area contributed by atoms with Crippen LogP contribution in [0.1, 0.15) is 26.3 Å². The van der Waals surface area contributed by atoms with Gasteiger partial charge in [0.1, 0.15) is 0 Å². The molecule has 0 radical (unpaired) electrons. The van der Waals surface area contributed by atoms with Gasteiger partial charge < -0.3 is 10.6 Å². The second-order valence-corrected chi connectivity index (χ2v) is 8.83. The summed E-state index contributed by atoms with van der Waals surface area (Å²) in [6, 6.07) is 32.7. The molecule has 2 N–H and O–H groups in total. The van der Waals surface area contributed by atoms with Crippen LogP contribution < -0.4 is 10.6 Å². The van der Waals surface area contributed by atoms with Crippen LogP contribution in [-0.2, 0) is 6.54 Å². The Bertz CT molecular complexity index is 1470. The predicted octanol–water partition coefficient (Wildman–Crippen LogP) is 6.75. The van der Waals surface area contributed by atoms with Crippen molar-refractivity contribution in [2.45, 2.75) is 6.54 Å². The molecule has 0 bridgehead atoms. The second-order valence-electron chi connectivity index (χ2n) is 7.88. The van der Waals surface area contributed by atoms with Gasteiger partial charge >= 0.3 is 0 Å². The van der Waals surface area contributed by atoms with Gasteiger partial charge in [0, 0.05) is 33.8 Å². The van der Waals surface area contributed by atoms with E-state index < -0.39 is 0 Å². The van der Waals surface area contributed by atoms with Crippen LogP contribution in [0.15, 0.2) is 109 Å². The lowest BCUT2D eigenvalue weighted by Gasteiger charge is -2.11. The number of carbonyl (C=O) groups is 2. The lowest BCUT2D eigenvalue weighted by Crippen LogP contribution is -2.23. The summed E-state index contributed by atoms with van der Waals surface area (Å²) in [4.78, 5) is 26.9. The summed E-state index contributed by atoms with van der Waals surface area (Å²) < 4.78 is 0. The summed E-state index contributed by atoms with van der Waals surface area (Å²) in [5, 5.41) is 10.2. The fourth-order valence-electron chi connectivity index (χ4n) is 3.99. The highest BCUT2D eigenvalue weighted by Crippen LogP contribution is 2.28. The molecular formula is C29H22N2O2S. The topological polar surface area (TPSA) is 58.2 Å². The molecule has 0 aliphatic heterocycles. The Kier molecular flexibility index (Phi) is 6.19. The molecule has 0 aliphatic rings. The first-order valence-electron chi connectivity index (χ1n) is 11.0. The van der Waals surface area contributed by atoms with Gasteiger partial charge in [-0.05, 0) is 52.0 Å². The predicted molar refractivity (Wildman–Crippen MR) is 139 cm³/mol. The normalized spacial score (nSPS) is 10.7. The molecule has 4 nitrogen and oxygen atoms in total. The van der Waals surface area contributed by atoms with Crippen LogP contribution in [0.5, 0.6) is 0 Å². The molecule has 166 valence electrons. The maximum Gasteiger partial charge on any atom is 0.256 e. The molecule has 0 fully saturated rings. The molecule has 5 aromatic rings. The van der Waals surface area contributed by atoms with Gasteiger partial charge in [-0.2, -0.15) is 0 Å². The quantitative estimate of drug-likeness (QED) is 0.293. The highest BCUT2D eigenvalue weighted by atomic mass is 32.1. The first kappa shape index (κ1) is 21.6. The summed E-state index contributed by atoms with van der Waals surface area (Å²) >= 11 is 1.59. The molecule has 0 saturated carbocycles. The highest BCUT2D eigenvalue weighted by Gasteiger charge is 2.14. The Morgan fingerprint density at radius 3 is 2.41 bits per heavy atom. The molecule has 4 aromatic carbocycles. The minimum atomic E-state index is -0.211. The monoisotopic (exact) mass is 462 g/mol. The minimum Gasteiger partial charge on any atom is -0.348 e. The number of amides is 2. The average Bonchev–Trinajstić information content (AvgIpc) is 3.42. The van der Waals surface area contributed by atoms with Crippen molar-refractivity contribution in [3.63, 3.8) is 0 Å². The van der Waals surface area contributed by atoms with Crippen molar-refractivity contribution in [3.05, 3.63) is 125 Å². The Hall–Kier alpha value is -4.22. The van der Waals surface area contributed by atoms with E-state index in [1.807, 2.05) is 66.0 Å². The standard InChI is InChI=1S/C29H22N2O2S/c32-28(30-19-22-11-5-9-20-8-1-2-13-24(20)22)21-10-6-12-23(18-21)31-29(33)26-15-4-3-14-25(26)27-16-7-17-34-27/h1-18H,19H2,(H,30,32)(H,31,33). The third-order valence-corrected chi connectivity index (χ3v) is 6.56. The number of fused-ring (bicyclic) bond motifs is 1. The van der Waals surface area contributed by atoms with Gasteiger partial charge in [-0.3, -0.25) is 9.59 Å². The average molecular weight is 463 g/mol. The van der Waals surface area contributed by atoms with E-state index in [-0.39, 0.29) is 11.8 Å². The van der Waals surface area contributed by atoms with Gasteiger partial charge in [-0.1, -0.05) is 72.8 Å². The largest absolute Gasteiger partial charge is 0.348 e. The van der Waals surface area contributed by atoms with Crippen LogP contribution in [0.3, 0.4) is 0 Å². The molecule has 1 heterocycles. The van der Waals surface area contributed by atoms with Gasteiger partial charge in [-0.15, -0.1) is 11.3 Å². The van der Waals surface area contributed by atoms with Crippen LogP contribution >= 0.6 is 11.3 Å². The molecule has 0 saturated heterocycles. The van der Waals surface area contributed by atoms with E-state index in [1.165, 1.54) is 0 Å². The zero-order valence-electron chi connectivity index (χ0n) is 18.3. The molecular weight excluding hydrogens is 440 g/mol. The highest BCUT2D eigenvalue weighted by molar-refractivity contribution is 7.13. The number of nitrogens with one attached hydrogen (secondary N) is 2. The van der Waals surface area contributed by atoms with E-state index in [0.29, 0.717) is 23.4 Å². The van der Waals surface area contributed by atoms with Gasteiger partial charge in [0.15, 0.2) is 0 Å². The summed E-state index contributed by atoms with van der Waals surface area (Å²) in [6.45, 7) is 0.422. The molecule has 0 unspecified atom stereocenters. The molecule has 34 heavy (non-hydrogen) atoms. The second kappa shape index (κ2) is 9.73. The summed E-state index contributed by atoms with van der Waals surface area (Å²) in [6.07, 6.45) is 0. The maximum atomic E-state index is 13.0. The summed E-state index contributed by atoms with van der Waals surface area (Å²) in [7, 11) is 0. The van der Waals surface area contributed by atoms with E-state index in [9.17, 15) is 9.59 Å². The van der Waals surface area contributed by atoms with Gasteiger partial charge in [0.25, 0.3) is 11.8 Å². The number of carbonyl (C=O) groups excluding carboxylic acids is 2. The first-order chi connectivity index (χ1) is 16.7. The number of benzene rings is 4. The minimum absolute atomic E-state index is 0.192. The van der Waals surface area contributed by atoms with Crippen molar-refractivity contribution in [2.24, 2.45) is 0 Å². The van der Waals surface area contributed by atoms with Gasteiger partial charge in [0.2, 0.25) is 0 Å². The lowest BCUT2D eigenvalue weighted by atomic mass is 10.0. The fourth-order valence-corrected chi connectivity index (χ4v) is 4.75. The first-order valence-corrected chi connectivity index (χ1v) is 11.9. The van der Waals surface area contributed by atoms with Crippen molar-refractivity contribution in [3.8, 4) is 10.4 Å². The van der Waals surface area contributed by atoms with Crippen LogP contribution in [-0.4, -0.2) is 11.8 Å². The van der Waals surface area contributed by atoms with Crippen molar-refractivity contribution < 1.29 is 9.59 Å².